The molecule has 0 aliphatic rings. The summed E-state index contributed by atoms with van der Waals surface area (Å²) in [5, 5.41) is 3.94. The molecule has 128 valence electrons. The second-order valence-corrected chi connectivity index (χ2v) is 7.00. The molecule has 0 aliphatic heterocycles. The normalized spacial score (nSPS) is 11.6. The van der Waals surface area contributed by atoms with Crippen molar-refractivity contribution in [1.82, 2.24) is 0 Å². The molecule has 0 atom stereocenters. The van der Waals surface area contributed by atoms with Crippen molar-refractivity contribution in [3.63, 3.8) is 0 Å². The minimum atomic E-state index is -0.0351. The molecule has 2 aromatic carbocycles. The fraction of sp³-hybridized carbons (Fsp3) is 0.0952. The number of hydrogen-bond acceptors (Lipinski definition) is 3. The SMILES string of the molecule is C=C(/C=C\C)Sc1cc(Cl)ccc1N/C(C)=C\C(=O)c1ccccc1. The maximum absolute atomic E-state index is 12.3. The van der Waals surface area contributed by atoms with Gasteiger partial charge in [0.15, 0.2) is 5.78 Å². The zero-order chi connectivity index (χ0) is 18.2. The van der Waals surface area contributed by atoms with Crippen molar-refractivity contribution >= 4 is 34.8 Å². The molecule has 0 saturated heterocycles. The summed E-state index contributed by atoms with van der Waals surface area (Å²) in [6, 6.07) is 14.8. The molecule has 4 heteroatoms. The molecule has 2 aromatic rings. The van der Waals surface area contributed by atoms with E-state index in [1.165, 1.54) is 11.8 Å². The van der Waals surface area contributed by atoms with Crippen molar-refractivity contribution in [3.05, 3.63) is 94.5 Å². The smallest absolute Gasteiger partial charge is 0.187 e. The van der Waals surface area contributed by atoms with Crippen LogP contribution in [0.4, 0.5) is 5.69 Å². The monoisotopic (exact) mass is 369 g/mol. The third-order valence-corrected chi connectivity index (χ3v) is 4.47. The van der Waals surface area contributed by atoms with Crippen molar-refractivity contribution in [1.29, 1.82) is 0 Å². The molecule has 2 nitrogen and oxygen atoms in total. The van der Waals surface area contributed by atoms with E-state index in [9.17, 15) is 4.79 Å². The fourth-order valence-electron chi connectivity index (χ4n) is 2.18. The van der Waals surface area contributed by atoms with Crippen LogP contribution in [-0.4, -0.2) is 5.78 Å². The summed E-state index contributed by atoms with van der Waals surface area (Å²) in [6.07, 6.45) is 5.48. The van der Waals surface area contributed by atoms with Crippen LogP contribution in [0, 0.1) is 0 Å². The lowest BCUT2D eigenvalue weighted by molar-refractivity contribution is 0.104. The van der Waals surface area contributed by atoms with Crippen LogP contribution < -0.4 is 5.32 Å². The number of allylic oxidation sites excluding steroid dienone is 4. The molecule has 2 rings (SSSR count). The predicted molar refractivity (Wildman–Crippen MR) is 109 cm³/mol. The Bertz CT molecular complexity index is 825. The molecule has 25 heavy (non-hydrogen) atoms. The van der Waals surface area contributed by atoms with E-state index in [-0.39, 0.29) is 5.78 Å². The van der Waals surface area contributed by atoms with Crippen LogP contribution in [-0.2, 0) is 0 Å². The first-order valence-corrected chi connectivity index (χ1v) is 9.02. The molecule has 0 aliphatic carbocycles. The fourth-order valence-corrected chi connectivity index (χ4v) is 3.31. The van der Waals surface area contributed by atoms with E-state index < -0.39 is 0 Å². The number of anilines is 1. The molecule has 1 N–H and O–H groups in total. The molecule has 0 amide bonds. The highest BCUT2D eigenvalue weighted by molar-refractivity contribution is 8.03. The van der Waals surface area contributed by atoms with Crippen molar-refractivity contribution in [2.24, 2.45) is 0 Å². The lowest BCUT2D eigenvalue weighted by atomic mass is 10.1. The average molecular weight is 370 g/mol. The lowest BCUT2D eigenvalue weighted by Crippen LogP contribution is -2.02. The third-order valence-electron chi connectivity index (χ3n) is 3.28. The zero-order valence-electron chi connectivity index (χ0n) is 14.3. The number of carbonyl (C=O) groups excluding carboxylic acids is 1. The van der Waals surface area contributed by atoms with E-state index in [2.05, 4.69) is 11.9 Å². The van der Waals surface area contributed by atoms with Gasteiger partial charge in [0.2, 0.25) is 0 Å². The quantitative estimate of drug-likeness (QED) is 0.254. The Morgan fingerprint density at radius 1 is 1.20 bits per heavy atom. The first kappa shape index (κ1) is 19.1. The first-order valence-electron chi connectivity index (χ1n) is 7.83. The Balaban J connectivity index is 2.20. The van der Waals surface area contributed by atoms with Crippen LogP contribution in [0.5, 0.6) is 0 Å². The van der Waals surface area contributed by atoms with Crippen molar-refractivity contribution < 1.29 is 4.79 Å². The van der Waals surface area contributed by atoms with Crippen molar-refractivity contribution in [2.45, 2.75) is 18.7 Å². The molecule has 0 radical (unpaired) electrons. The zero-order valence-corrected chi connectivity index (χ0v) is 15.8. The molecule has 0 heterocycles. The van der Waals surface area contributed by atoms with Gasteiger partial charge in [0, 0.05) is 32.2 Å². The van der Waals surface area contributed by atoms with Gasteiger partial charge >= 0.3 is 0 Å². The molecular formula is C21H20ClNOS. The van der Waals surface area contributed by atoms with Gasteiger partial charge < -0.3 is 5.32 Å². The Labute approximate surface area is 158 Å². The van der Waals surface area contributed by atoms with E-state index in [0.717, 1.165) is 21.2 Å². The molecule has 0 saturated carbocycles. The standard InChI is InChI=1S/C21H20ClNOS/c1-4-8-16(3)25-21-14-18(22)11-12-19(21)23-15(2)13-20(24)17-9-6-5-7-10-17/h4-14,23H,3H2,1-2H3/b8-4-,15-13-. The van der Waals surface area contributed by atoms with Gasteiger partial charge in [-0.1, -0.05) is 72.4 Å². The maximum Gasteiger partial charge on any atom is 0.187 e. The Morgan fingerprint density at radius 2 is 1.92 bits per heavy atom. The second-order valence-electron chi connectivity index (χ2n) is 5.39. The van der Waals surface area contributed by atoms with Crippen LogP contribution in [0.25, 0.3) is 0 Å². The summed E-state index contributed by atoms with van der Waals surface area (Å²) >= 11 is 7.65. The van der Waals surface area contributed by atoms with Crippen LogP contribution in [0.2, 0.25) is 5.02 Å². The summed E-state index contributed by atoms with van der Waals surface area (Å²) in [5.74, 6) is -0.0351. The van der Waals surface area contributed by atoms with Gasteiger partial charge in [-0.05, 0) is 32.0 Å². The number of ketones is 1. The van der Waals surface area contributed by atoms with Gasteiger partial charge in [0.1, 0.15) is 0 Å². The molecule has 0 aromatic heterocycles. The molecule has 0 fully saturated rings. The highest BCUT2D eigenvalue weighted by atomic mass is 35.5. The average Bonchev–Trinajstić information content (AvgIpc) is 2.58. The Kier molecular flexibility index (Phi) is 7.11. The van der Waals surface area contributed by atoms with Gasteiger partial charge in [0.25, 0.3) is 0 Å². The number of carbonyl (C=O) groups is 1. The lowest BCUT2D eigenvalue weighted by Gasteiger charge is -2.13. The third kappa shape index (κ3) is 5.96. The van der Waals surface area contributed by atoms with Gasteiger partial charge in [-0.3, -0.25) is 4.79 Å². The molecular weight excluding hydrogens is 350 g/mol. The summed E-state index contributed by atoms with van der Waals surface area (Å²) in [7, 11) is 0. The summed E-state index contributed by atoms with van der Waals surface area (Å²) in [6.45, 7) is 7.83. The highest BCUT2D eigenvalue weighted by Gasteiger charge is 2.07. The van der Waals surface area contributed by atoms with Crippen LogP contribution in [0.1, 0.15) is 24.2 Å². The molecule has 0 bridgehead atoms. The van der Waals surface area contributed by atoms with Gasteiger partial charge in [0.05, 0.1) is 5.69 Å². The second kappa shape index (κ2) is 9.30. The van der Waals surface area contributed by atoms with E-state index >= 15 is 0 Å². The number of rotatable bonds is 7. The van der Waals surface area contributed by atoms with E-state index in [1.807, 2.05) is 62.4 Å². The summed E-state index contributed by atoms with van der Waals surface area (Å²) in [5.41, 5.74) is 2.31. The summed E-state index contributed by atoms with van der Waals surface area (Å²) in [4.78, 5) is 14.1. The van der Waals surface area contributed by atoms with Crippen molar-refractivity contribution in [3.8, 4) is 0 Å². The largest absolute Gasteiger partial charge is 0.358 e. The Hall–Kier alpha value is -2.23. The minimum absolute atomic E-state index is 0.0351. The van der Waals surface area contributed by atoms with Gasteiger partial charge in [-0.25, -0.2) is 0 Å². The summed E-state index contributed by atoms with van der Waals surface area (Å²) < 4.78 is 0. The van der Waals surface area contributed by atoms with E-state index in [4.69, 9.17) is 11.6 Å². The van der Waals surface area contributed by atoms with Gasteiger partial charge in [-0.2, -0.15) is 0 Å². The van der Waals surface area contributed by atoms with E-state index in [0.29, 0.717) is 10.6 Å². The predicted octanol–water partition coefficient (Wildman–Crippen LogP) is 6.72. The number of hydrogen-bond donors (Lipinski definition) is 1. The van der Waals surface area contributed by atoms with Crippen LogP contribution in [0.3, 0.4) is 0 Å². The first-order chi connectivity index (χ1) is 12.0. The van der Waals surface area contributed by atoms with Gasteiger partial charge in [-0.15, -0.1) is 0 Å². The number of nitrogens with one attached hydrogen (secondary N) is 1. The molecule has 0 spiro atoms. The van der Waals surface area contributed by atoms with Crippen LogP contribution in [0.15, 0.2) is 88.8 Å². The Morgan fingerprint density at radius 3 is 2.60 bits per heavy atom. The van der Waals surface area contributed by atoms with Crippen molar-refractivity contribution in [2.75, 3.05) is 5.32 Å². The number of halogens is 1. The topological polar surface area (TPSA) is 29.1 Å². The highest BCUT2D eigenvalue weighted by Crippen LogP contribution is 2.35. The molecule has 0 unspecified atom stereocenters. The number of benzene rings is 2. The minimum Gasteiger partial charge on any atom is -0.358 e. The van der Waals surface area contributed by atoms with E-state index in [1.54, 1.807) is 18.2 Å². The number of thioether (sulfide) groups is 1. The van der Waals surface area contributed by atoms with Crippen LogP contribution >= 0.6 is 23.4 Å². The maximum atomic E-state index is 12.3.